The van der Waals surface area contributed by atoms with Crippen molar-refractivity contribution in [1.82, 2.24) is 9.80 Å². The lowest BCUT2D eigenvalue weighted by atomic mass is 10.2. The Hall–Kier alpha value is -2.44. The molecule has 0 spiro atoms. The van der Waals surface area contributed by atoms with Crippen molar-refractivity contribution in [3.8, 4) is 11.5 Å². The standard InChI is InChI=1S/C22H24Cl2N2O4/c1-15(29-19-7-3-5-17(23)13-19)21(27)25-9-11-26(12-10-25)22(28)16(2)30-20-8-4-6-18(24)14-20/h3-8,13-16H,9-12H2,1-2H3. The number of nitrogens with zero attached hydrogens (tertiary/aromatic N) is 2. The van der Waals surface area contributed by atoms with Crippen molar-refractivity contribution in [1.29, 1.82) is 0 Å². The Balaban J connectivity index is 1.49. The quantitative estimate of drug-likeness (QED) is 0.669. The smallest absolute Gasteiger partial charge is 0.263 e. The molecule has 0 radical (unpaired) electrons. The van der Waals surface area contributed by atoms with Gasteiger partial charge in [0.25, 0.3) is 11.8 Å². The van der Waals surface area contributed by atoms with Gasteiger partial charge in [0.15, 0.2) is 12.2 Å². The largest absolute Gasteiger partial charge is 0.481 e. The van der Waals surface area contributed by atoms with E-state index in [0.717, 1.165) is 0 Å². The van der Waals surface area contributed by atoms with Crippen LogP contribution in [0.25, 0.3) is 0 Å². The Morgan fingerprint density at radius 2 is 1.13 bits per heavy atom. The summed E-state index contributed by atoms with van der Waals surface area (Å²) < 4.78 is 11.4. The molecule has 0 aromatic heterocycles. The lowest BCUT2D eigenvalue weighted by Crippen LogP contribution is -2.55. The van der Waals surface area contributed by atoms with Gasteiger partial charge in [-0.1, -0.05) is 35.3 Å². The predicted octanol–water partition coefficient (Wildman–Crippen LogP) is 3.90. The minimum Gasteiger partial charge on any atom is -0.481 e. The number of benzene rings is 2. The molecule has 1 aliphatic rings. The van der Waals surface area contributed by atoms with Gasteiger partial charge in [-0.05, 0) is 50.2 Å². The summed E-state index contributed by atoms with van der Waals surface area (Å²) in [6, 6.07) is 13.9. The number of ether oxygens (including phenoxy) is 2. The monoisotopic (exact) mass is 450 g/mol. The molecular formula is C22H24Cl2N2O4. The molecule has 8 heteroatoms. The maximum absolute atomic E-state index is 12.7. The Morgan fingerprint density at radius 1 is 0.767 bits per heavy atom. The summed E-state index contributed by atoms with van der Waals surface area (Å²) in [7, 11) is 0. The molecule has 2 amide bonds. The summed E-state index contributed by atoms with van der Waals surface area (Å²) in [6.45, 7) is 5.19. The summed E-state index contributed by atoms with van der Waals surface area (Å²) >= 11 is 11.9. The van der Waals surface area contributed by atoms with Gasteiger partial charge in [0.2, 0.25) is 0 Å². The van der Waals surface area contributed by atoms with Gasteiger partial charge in [0, 0.05) is 36.2 Å². The van der Waals surface area contributed by atoms with Crippen molar-refractivity contribution < 1.29 is 19.1 Å². The van der Waals surface area contributed by atoms with E-state index in [1.165, 1.54) is 0 Å². The SMILES string of the molecule is CC(Oc1cccc(Cl)c1)C(=O)N1CCN(C(=O)C(C)Oc2cccc(Cl)c2)CC1. The van der Waals surface area contributed by atoms with Crippen LogP contribution in [0, 0.1) is 0 Å². The first-order chi connectivity index (χ1) is 14.3. The second kappa shape index (κ2) is 10.0. The molecule has 2 aromatic carbocycles. The van der Waals surface area contributed by atoms with Gasteiger partial charge in [0.05, 0.1) is 0 Å². The fourth-order valence-electron chi connectivity index (χ4n) is 3.25. The lowest BCUT2D eigenvalue weighted by Gasteiger charge is -2.36. The molecule has 1 heterocycles. The van der Waals surface area contributed by atoms with Crippen molar-refractivity contribution in [2.24, 2.45) is 0 Å². The van der Waals surface area contributed by atoms with Crippen LogP contribution in [0.15, 0.2) is 48.5 Å². The minimum absolute atomic E-state index is 0.120. The van der Waals surface area contributed by atoms with E-state index in [1.54, 1.807) is 72.2 Å². The van der Waals surface area contributed by atoms with E-state index in [2.05, 4.69) is 0 Å². The maximum Gasteiger partial charge on any atom is 0.263 e. The van der Waals surface area contributed by atoms with E-state index in [-0.39, 0.29) is 11.8 Å². The highest BCUT2D eigenvalue weighted by molar-refractivity contribution is 6.31. The van der Waals surface area contributed by atoms with Gasteiger partial charge in [0.1, 0.15) is 11.5 Å². The molecule has 1 saturated heterocycles. The molecule has 1 fully saturated rings. The summed E-state index contributed by atoms with van der Waals surface area (Å²) in [5.41, 5.74) is 0. The zero-order valence-corrected chi connectivity index (χ0v) is 18.4. The molecule has 3 rings (SSSR count). The van der Waals surface area contributed by atoms with E-state index in [0.29, 0.717) is 47.7 Å². The lowest BCUT2D eigenvalue weighted by molar-refractivity contribution is -0.146. The summed E-state index contributed by atoms with van der Waals surface area (Å²) in [5, 5.41) is 1.10. The first-order valence-electron chi connectivity index (χ1n) is 9.75. The van der Waals surface area contributed by atoms with Gasteiger partial charge in [-0.2, -0.15) is 0 Å². The van der Waals surface area contributed by atoms with Crippen LogP contribution in [0.4, 0.5) is 0 Å². The van der Waals surface area contributed by atoms with Gasteiger partial charge >= 0.3 is 0 Å². The van der Waals surface area contributed by atoms with E-state index in [1.807, 2.05) is 0 Å². The number of amides is 2. The highest BCUT2D eigenvalue weighted by Crippen LogP contribution is 2.20. The van der Waals surface area contributed by atoms with Crippen LogP contribution < -0.4 is 9.47 Å². The van der Waals surface area contributed by atoms with Crippen molar-refractivity contribution in [3.05, 3.63) is 58.6 Å². The summed E-state index contributed by atoms with van der Waals surface area (Å²) in [5.74, 6) is 0.851. The number of hydrogen-bond donors (Lipinski definition) is 0. The second-order valence-corrected chi connectivity index (χ2v) is 7.96. The van der Waals surface area contributed by atoms with E-state index >= 15 is 0 Å². The third-order valence-corrected chi connectivity index (χ3v) is 5.29. The molecule has 160 valence electrons. The fourth-order valence-corrected chi connectivity index (χ4v) is 3.61. The van der Waals surface area contributed by atoms with Crippen LogP contribution in [-0.2, 0) is 9.59 Å². The highest BCUT2D eigenvalue weighted by atomic mass is 35.5. The van der Waals surface area contributed by atoms with Crippen molar-refractivity contribution in [2.45, 2.75) is 26.1 Å². The number of piperazine rings is 1. The predicted molar refractivity (Wildman–Crippen MR) is 116 cm³/mol. The number of halogens is 2. The molecule has 0 N–H and O–H groups in total. The third-order valence-electron chi connectivity index (χ3n) is 4.82. The van der Waals surface area contributed by atoms with Crippen molar-refractivity contribution in [2.75, 3.05) is 26.2 Å². The zero-order valence-electron chi connectivity index (χ0n) is 16.9. The van der Waals surface area contributed by atoms with Crippen LogP contribution in [0.5, 0.6) is 11.5 Å². The number of carbonyl (C=O) groups is 2. The molecule has 6 nitrogen and oxygen atoms in total. The normalized spacial score (nSPS) is 16.0. The Kier molecular flexibility index (Phi) is 7.45. The number of carbonyl (C=O) groups excluding carboxylic acids is 2. The molecule has 2 unspecified atom stereocenters. The minimum atomic E-state index is -0.643. The fraction of sp³-hybridized carbons (Fsp3) is 0.364. The zero-order chi connectivity index (χ0) is 21.7. The van der Waals surface area contributed by atoms with Crippen LogP contribution in [0.3, 0.4) is 0 Å². The average molecular weight is 451 g/mol. The molecule has 2 aromatic rings. The van der Waals surface area contributed by atoms with Gasteiger partial charge in [-0.3, -0.25) is 9.59 Å². The van der Waals surface area contributed by atoms with Gasteiger partial charge in [-0.25, -0.2) is 0 Å². The number of rotatable bonds is 6. The summed E-state index contributed by atoms with van der Waals surface area (Å²) in [6.07, 6.45) is -1.29. The topological polar surface area (TPSA) is 59.1 Å². The van der Waals surface area contributed by atoms with Crippen LogP contribution >= 0.6 is 23.2 Å². The van der Waals surface area contributed by atoms with E-state index in [4.69, 9.17) is 32.7 Å². The molecule has 0 bridgehead atoms. The second-order valence-electron chi connectivity index (χ2n) is 7.09. The van der Waals surface area contributed by atoms with E-state index < -0.39 is 12.2 Å². The molecule has 1 aliphatic heterocycles. The molecule has 0 saturated carbocycles. The van der Waals surface area contributed by atoms with Crippen LogP contribution in [-0.4, -0.2) is 60.0 Å². The Labute approximate surface area is 186 Å². The number of hydrogen-bond acceptors (Lipinski definition) is 4. The Bertz CT molecular complexity index is 827. The highest BCUT2D eigenvalue weighted by Gasteiger charge is 2.30. The van der Waals surface area contributed by atoms with Crippen LogP contribution in [0.1, 0.15) is 13.8 Å². The molecule has 0 aliphatic carbocycles. The Morgan fingerprint density at radius 3 is 1.47 bits per heavy atom. The first kappa shape index (κ1) is 22.2. The third kappa shape index (κ3) is 5.80. The van der Waals surface area contributed by atoms with Crippen LogP contribution in [0.2, 0.25) is 10.0 Å². The van der Waals surface area contributed by atoms with Crippen molar-refractivity contribution in [3.63, 3.8) is 0 Å². The average Bonchev–Trinajstić information content (AvgIpc) is 2.73. The molecule has 30 heavy (non-hydrogen) atoms. The van der Waals surface area contributed by atoms with Gasteiger partial charge < -0.3 is 19.3 Å². The van der Waals surface area contributed by atoms with Crippen molar-refractivity contribution >= 4 is 35.0 Å². The first-order valence-corrected chi connectivity index (χ1v) is 10.5. The molecular weight excluding hydrogens is 427 g/mol. The van der Waals surface area contributed by atoms with E-state index in [9.17, 15) is 9.59 Å². The maximum atomic E-state index is 12.7. The van der Waals surface area contributed by atoms with Gasteiger partial charge in [-0.15, -0.1) is 0 Å². The summed E-state index contributed by atoms with van der Waals surface area (Å²) in [4.78, 5) is 28.8. The molecule has 2 atom stereocenters.